The summed E-state index contributed by atoms with van der Waals surface area (Å²) in [4.78, 5) is 21.3. The number of fused-ring (bicyclic) bond motifs is 1. The summed E-state index contributed by atoms with van der Waals surface area (Å²) in [5, 5.41) is 24.5. The SMILES string of the molecule is COc1ccc2ncc(N(C)C)c(C(O)CCC3(C(=O)NO)CCN(CCNc4cc(F)cc(F)c4F)CC3)c2c1. The maximum Gasteiger partial charge on any atom is 0.249 e. The minimum Gasteiger partial charge on any atom is -0.497 e. The number of piperidine rings is 1. The molecule has 4 N–H and O–H groups in total. The molecule has 2 aromatic carbocycles. The fourth-order valence-corrected chi connectivity index (χ4v) is 5.52. The van der Waals surface area contributed by atoms with Gasteiger partial charge in [0.25, 0.3) is 0 Å². The predicted molar refractivity (Wildman–Crippen MR) is 150 cm³/mol. The predicted octanol–water partition coefficient (Wildman–Crippen LogP) is 4.24. The molecule has 1 saturated heterocycles. The van der Waals surface area contributed by atoms with Crippen molar-refractivity contribution in [1.82, 2.24) is 15.4 Å². The standard InChI is InChI=1S/C29H36F3N5O4/c1-36(2)24-17-34-22-5-4-19(41-3)16-20(22)26(24)25(38)6-7-29(28(39)35-40)8-11-37(12-9-29)13-10-33-23-15-18(30)14-21(31)27(23)32/h4-5,14-17,25,33,38,40H,6-13H2,1-3H3,(H,35,39). The number of methoxy groups -OCH3 is 1. The fourth-order valence-electron chi connectivity index (χ4n) is 5.52. The van der Waals surface area contributed by atoms with Gasteiger partial charge in [-0.2, -0.15) is 0 Å². The topological polar surface area (TPSA) is 110 Å². The Bertz CT molecular complexity index is 1380. The van der Waals surface area contributed by atoms with Crippen LogP contribution in [0.15, 0.2) is 36.5 Å². The van der Waals surface area contributed by atoms with E-state index < -0.39 is 34.9 Å². The molecule has 3 aromatic rings. The number of carbonyl (C=O) groups excluding carboxylic acids is 1. The normalized spacial score (nSPS) is 15.9. The summed E-state index contributed by atoms with van der Waals surface area (Å²) in [7, 11) is 5.30. The van der Waals surface area contributed by atoms with Crippen LogP contribution >= 0.6 is 0 Å². The Hall–Kier alpha value is -3.61. The highest BCUT2D eigenvalue weighted by molar-refractivity contribution is 5.88. The van der Waals surface area contributed by atoms with Crippen LogP contribution in [-0.2, 0) is 4.79 Å². The molecule has 0 radical (unpaired) electrons. The minimum atomic E-state index is -1.26. The van der Waals surface area contributed by atoms with E-state index in [9.17, 15) is 28.3 Å². The maximum absolute atomic E-state index is 13.9. The summed E-state index contributed by atoms with van der Waals surface area (Å²) in [5.41, 5.74) is 2.79. The third-order valence-electron chi connectivity index (χ3n) is 7.94. The Morgan fingerprint density at radius 3 is 2.59 bits per heavy atom. The molecule has 0 aliphatic carbocycles. The van der Waals surface area contributed by atoms with Crippen molar-refractivity contribution in [2.45, 2.75) is 31.8 Å². The zero-order valence-corrected chi connectivity index (χ0v) is 23.4. The number of aliphatic hydroxyl groups excluding tert-OH is 1. The number of benzene rings is 2. The van der Waals surface area contributed by atoms with Crippen LogP contribution in [0.1, 0.15) is 37.4 Å². The van der Waals surface area contributed by atoms with Crippen LogP contribution in [0.25, 0.3) is 10.9 Å². The molecule has 1 unspecified atom stereocenters. The van der Waals surface area contributed by atoms with Crippen molar-refractivity contribution < 1.29 is 33.0 Å². The first kappa shape index (κ1) is 30.4. The van der Waals surface area contributed by atoms with E-state index in [1.165, 1.54) is 0 Å². The van der Waals surface area contributed by atoms with Crippen LogP contribution in [0.2, 0.25) is 0 Å². The monoisotopic (exact) mass is 575 g/mol. The first-order valence-corrected chi connectivity index (χ1v) is 13.5. The van der Waals surface area contributed by atoms with Crippen molar-refractivity contribution in [1.29, 1.82) is 0 Å². The lowest BCUT2D eigenvalue weighted by atomic mass is 9.73. The Morgan fingerprint density at radius 2 is 1.93 bits per heavy atom. The lowest BCUT2D eigenvalue weighted by Gasteiger charge is -2.40. The van der Waals surface area contributed by atoms with E-state index in [0.29, 0.717) is 61.8 Å². The number of hydrogen-bond donors (Lipinski definition) is 4. The molecule has 0 bridgehead atoms. The molecule has 0 saturated carbocycles. The van der Waals surface area contributed by atoms with Crippen molar-refractivity contribution >= 4 is 28.2 Å². The van der Waals surface area contributed by atoms with Crippen LogP contribution < -0.4 is 20.4 Å². The first-order valence-electron chi connectivity index (χ1n) is 13.5. The maximum atomic E-state index is 13.9. The summed E-state index contributed by atoms with van der Waals surface area (Å²) < 4.78 is 46.2. The Morgan fingerprint density at radius 1 is 1.20 bits per heavy atom. The number of hydroxylamine groups is 1. The van der Waals surface area contributed by atoms with Crippen LogP contribution in [0, 0.1) is 22.9 Å². The number of carbonyl (C=O) groups is 1. The number of pyridine rings is 1. The molecule has 0 spiro atoms. The minimum absolute atomic E-state index is 0.240. The molecule has 1 aliphatic heterocycles. The number of halogens is 3. The lowest BCUT2D eigenvalue weighted by molar-refractivity contribution is -0.143. The number of rotatable bonds is 11. The number of amides is 1. The molecular formula is C29H36F3N5O4. The van der Waals surface area contributed by atoms with Crippen molar-refractivity contribution in [2.24, 2.45) is 5.41 Å². The van der Waals surface area contributed by atoms with Crippen molar-refractivity contribution in [3.8, 4) is 5.75 Å². The molecule has 1 amide bonds. The van der Waals surface area contributed by atoms with Crippen molar-refractivity contribution in [3.05, 3.63) is 59.5 Å². The van der Waals surface area contributed by atoms with Gasteiger partial charge in [0.2, 0.25) is 5.91 Å². The largest absolute Gasteiger partial charge is 0.497 e. The van der Waals surface area contributed by atoms with E-state index in [1.54, 1.807) is 19.4 Å². The molecular weight excluding hydrogens is 539 g/mol. The highest BCUT2D eigenvalue weighted by Gasteiger charge is 2.41. The summed E-state index contributed by atoms with van der Waals surface area (Å²) in [5.74, 6) is -3.15. The van der Waals surface area contributed by atoms with Gasteiger partial charge < -0.3 is 25.0 Å². The number of anilines is 2. The van der Waals surface area contributed by atoms with E-state index >= 15 is 0 Å². The van der Waals surface area contributed by atoms with Crippen LogP contribution in [0.3, 0.4) is 0 Å². The number of aromatic nitrogens is 1. The fraction of sp³-hybridized carbons (Fsp3) is 0.448. The van der Waals surface area contributed by atoms with E-state index in [-0.39, 0.29) is 18.7 Å². The second-order valence-electron chi connectivity index (χ2n) is 10.6. The van der Waals surface area contributed by atoms with Gasteiger partial charge in [0.15, 0.2) is 11.6 Å². The molecule has 1 aromatic heterocycles. The summed E-state index contributed by atoms with van der Waals surface area (Å²) in [6, 6.07) is 6.86. The van der Waals surface area contributed by atoms with Gasteiger partial charge in [-0.25, -0.2) is 18.7 Å². The number of nitrogens with one attached hydrogen (secondary N) is 2. The van der Waals surface area contributed by atoms with Crippen LogP contribution in [0.5, 0.6) is 5.75 Å². The van der Waals surface area contributed by atoms with Gasteiger partial charge in [-0.3, -0.25) is 15.0 Å². The number of aliphatic hydroxyl groups is 1. The Labute approximate surface area is 236 Å². The van der Waals surface area contributed by atoms with Crippen molar-refractivity contribution in [3.63, 3.8) is 0 Å². The van der Waals surface area contributed by atoms with Gasteiger partial charge in [0.1, 0.15) is 11.6 Å². The van der Waals surface area contributed by atoms with Crippen LogP contribution in [0.4, 0.5) is 24.5 Å². The second kappa shape index (κ2) is 12.9. The third kappa shape index (κ3) is 6.66. The molecule has 12 heteroatoms. The van der Waals surface area contributed by atoms with Crippen LogP contribution in [-0.4, -0.2) is 73.5 Å². The molecule has 1 atom stereocenters. The van der Waals surface area contributed by atoms with Gasteiger partial charge in [0.05, 0.1) is 41.7 Å². The summed E-state index contributed by atoms with van der Waals surface area (Å²) >= 11 is 0. The van der Waals surface area contributed by atoms with E-state index in [1.807, 2.05) is 41.5 Å². The number of hydrogen-bond acceptors (Lipinski definition) is 8. The van der Waals surface area contributed by atoms with E-state index in [0.717, 1.165) is 17.1 Å². The lowest BCUT2D eigenvalue weighted by Crippen LogP contribution is -2.49. The molecule has 222 valence electrons. The van der Waals surface area contributed by atoms with Gasteiger partial charge in [-0.05, 0) is 57.0 Å². The quantitative estimate of drug-likeness (QED) is 0.153. The van der Waals surface area contributed by atoms with Gasteiger partial charge in [0, 0.05) is 50.3 Å². The summed E-state index contributed by atoms with van der Waals surface area (Å²) in [6.45, 7) is 1.70. The Kier molecular flexibility index (Phi) is 9.57. The number of likely N-dealkylation sites (tertiary alicyclic amines) is 1. The zero-order valence-electron chi connectivity index (χ0n) is 23.4. The van der Waals surface area contributed by atoms with Gasteiger partial charge in [-0.1, -0.05) is 0 Å². The highest BCUT2D eigenvalue weighted by atomic mass is 19.2. The number of ether oxygens (including phenoxy) is 1. The van der Waals surface area contributed by atoms with E-state index in [2.05, 4.69) is 10.3 Å². The molecule has 9 nitrogen and oxygen atoms in total. The molecule has 1 aliphatic rings. The van der Waals surface area contributed by atoms with Crippen molar-refractivity contribution in [2.75, 3.05) is 57.6 Å². The third-order valence-corrected chi connectivity index (χ3v) is 7.94. The van der Waals surface area contributed by atoms with Gasteiger partial charge in [-0.15, -0.1) is 0 Å². The first-order chi connectivity index (χ1) is 19.6. The Balaban J connectivity index is 1.44. The second-order valence-corrected chi connectivity index (χ2v) is 10.6. The molecule has 1 fully saturated rings. The average Bonchev–Trinajstić information content (AvgIpc) is 2.97. The smallest absolute Gasteiger partial charge is 0.249 e. The molecule has 2 heterocycles. The number of nitrogens with zero attached hydrogens (tertiary/aromatic N) is 3. The molecule has 41 heavy (non-hydrogen) atoms. The molecule has 4 rings (SSSR count). The van der Waals surface area contributed by atoms with Gasteiger partial charge >= 0.3 is 0 Å². The highest BCUT2D eigenvalue weighted by Crippen LogP contribution is 2.41. The zero-order chi connectivity index (χ0) is 29.7. The van der Waals surface area contributed by atoms with E-state index in [4.69, 9.17) is 4.74 Å². The summed E-state index contributed by atoms with van der Waals surface area (Å²) in [6.07, 6.45) is 2.20. The average molecular weight is 576 g/mol.